The molecule has 0 aromatic heterocycles. The molecule has 0 radical (unpaired) electrons. The van der Waals surface area contributed by atoms with Crippen LogP contribution in [0, 0.1) is 29.0 Å². The maximum atomic E-state index is 14.5. The lowest BCUT2D eigenvalue weighted by Gasteiger charge is -2.59. The molecule has 1 unspecified atom stereocenters. The Bertz CT molecular complexity index is 1500. The second-order valence-electron chi connectivity index (χ2n) is 12.7. The van der Waals surface area contributed by atoms with E-state index in [4.69, 9.17) is 0 Å². The van der Waals surface area contributed by atoms with Gasteiger partial charge in [-0.25, -0.2) is 4.39 Å². The minimum absolute atomic E-state index is 0.0273. The van der Waals surface area contributed by atoms with Crippen molar-refractivity contribution in [3.05, 3.63) is 100 Å². The summed E-state index contributed by atoms with van der Waals surface area (Å²) < 4.78 is 14.5. The van der Waals surface area contributed by atoms with Crippen molar-refractivity contribution in [2.45, 2.75) is 62.9 Å². The van der Waals surface area contributed by atoms with Crippen molar-refractivity contribution >= 4 is 35.3 Å². The van der Waals surface area contributed by atoms with Crippen LogP contribution in [0.3, 0.4) is 0 Å². The highest BCUT2D eigenvalue weighted by molar-refractivity contribution is 8.04. The van der Waals surface area contributed by atoms with Crippen LogP contribution < -0.4 is 10.2 Å². The zero-order valence-electron chi connectivity index (χ0n) is 23.3. The molecule has 1 heterocycles. The van der Waals surface area contributed by atoms with Crippen molar-refractivity contribution in [1.82, 2.24) is 5.32 Å². The van der Waals surface area contributed by atoms with E-state index in [0.717, 1.165) is 33.9 Å². The van der Waals surface area contributed by atoms with Crippen LogP contribution in [0.4, 0.5) is 10.1 Å². The predicted octanol–water partition coefficient (Wildman–Crippen LogP) is 7.84. The van der Waals surface area contributed by atoms with Crippen LogP contribution in [0.1, 0.15) is 66.9 Å². The monoisotopic (exact) mass is 566 g/mol. The summed E-state index contributed by atoms with van der Waals surface area (Å²) in [5.74, 6) is 2.03. The van der Waals surface area contributed by atoms with Crippen LogP contribution in [-0.2, 0) is 11.3 Å². The molecule has 1 aliphatic heterocycles. The maximum absolute atomic E-state index is 14.5. The summed E-state index contributed by atoms with van der Waals surface area (Å²) in [6.07, 6.45) is 9.82. The topological polar surface area (TPSA) is 49.4 Å². The molecule has 4 saturated carbocycles. The van der Waals surface area contributed by atoms with Crippen LogP contribution in [0.15, 0.2) is 82.6 Å². The molecule has 4 fully saturated rings. The third-order valence-electron chi connectivity index (χ3n) is 9.94. The second kappa shape index (κ2) is 10.5. The van der Waals surface area contributed by atoms with Gasteiger partial charge in [-0.3, -0.25) is 9.59 Å². The average Bonchev–Trinajstić information content (AvgIpc) is 2.96. The Morgan fingerprint density at radius 1 is 0.976 bits per heavy atom. The van der Waals surface area contributed by atoms with Gasteiger partial charge in [0.25, 0.3) is 11.8 Å². The fraction of sp³-hybridized carbons (Fsp3) is 0.371. The van der Waals surface area contributed by atoms with Crippen LogP contribution in [-0.4, -0.2) is 17.9 Å². The van der Waals surface area contributed by atoms with Gasteiger partial charge >= 0.3 is 0 Å². The van der Waals surface area contributed by atoms with Crippen LogP contribution >= 0.6 is 11.8 Å². The number of rotatable bonds is 6. The minimum Gasteiger partial charge on any atom is -0.349 e. The molecule has 0 saturated heterocycles. The van der Waals surface area contributed by atoms with E-state index in [1.165, 1.54) is 56.4 Å². The Morgan fingerprint density at radius 2 is 1.61 bits per heavy atom. The molecular weight excluding hydrogens is 531 g/mol. The summed E-state index contributed by atoms with van der Waals surface area (Å²) in [7, 11) is 0. The highest BCUT2D eigenvalue weighted by Gasteiger charge is 2.53. The molecule has 6 heteroatoms. The Labute approximate surface area is 245 Å². The fourth-order valence-electron chi connectivity index (χ4n) is 8.24. The van der Waals surface area contributed by atoms with Crippen LogP contribution in [0.25, 0.3) is 6.08 Å². The van der Waals surface area contributed by atoms with Gasteiger partial charge in [-0.2, -0.15) is 0 Å². The van der Waals surface area contributed by atoms with Crippen molar-refractivity contribution < 1.29 is 14.0 Å². The molecule has 4 aliphatic carbocycles. The van der Waals surface area contributed by atoms with Crippen molar-refractivity contribution in [2.75, 3.05) is 4.90 Å². The summed E-state index contributed by atoms with van der Waals surface area (Å²) >= 11 is 1.42. The van der Waals surface area contributed by atoms with E-state index in [2.05, 4.69) is 12.2 Å². The SMILES string of the molecule is CC(NC(=O)c1ccc(/C=C2/Sc3ccccc3N(Cc3ccccc3F)C2=O)cc1)C12CC3CC(CC(C3)C1)C2. The van der Waals surface area contributed by atoms with Crippen molar-refractivity contribution in [2.24, 2.45) is 23.2 Å². The Morgan fingerprint density at radius 3 is 2.29 bits per heavy atom. The van der Waals surface area contributed by atoms with Gasteiger partial charge in [0.15, 0.2) is 0 Å². The molecule has 4 nitrogen and oxygen atoms in total. The van der Waals surface area contributed by atoms with Crippen molar-refractivity contribution in [3.8, 4) is 0 Å². The second-order valence-corrected chi connectivity index (χ2v) is 13.7. The number of halogens is 1. The van der Waals surface area contributed by atoms with Gasteiger partial charge in [0, 0.05) is 22.1 Å². The fourth-order valence-corrected chi connectivity index (χ4v) is 9.30. The Balaban J connectivity index is 1.08. The minimum atomic E-state index is -0.326. The molecular formula is C35H35FN2O2S. The number of thioether (sulfide) groups is 1. The highest BCUT2D eigenvalue weighted by Crippen LogP contribution is 2.61. The lowest BCUT2D eigenvalue weighted by molar-refractivity contribution is -0.114. The highest BCUT2D eigenvalue weighted by atomic mass is 32.2. The number of hydrogen-bond acceptors (Lipinski definition) is 3. The summed E-state index contributed by atoms with van der Waals surface area (Å²) in [5, 5.41) is 3.36. The number of amides is 2. The predicted molar refractivity (Wildman–Crippen MR) is 162 cm³/mol. The lowest BCUT2D eigenvalue weighted by Crippen LogP contribution is -2.55. The smallest absolute Gasteiger partial charge is 0.265 e. The van der Waals surface area contributed by atoms with Crippen molar-refractivity contribution in [3.63, 3.8) is 0 Å². The largest absolute Gasteiger partial charge is 0.349 e. The van der Waals surface area contributed by atoms with Gasteiger partial charge in [0.05, 0.1) is 17.1 Å². The number of nitrogens with one attached hydrogen (secondary N) is 1. The molecule has 0 spiro atoms. The molecule has 3 aromatic carbocycles. The first-order valence-electron chi connectivity index (χ1n) is 14.8. The van der Waals surface area contributed by atoms with Gasteiger partial charge in [0.2, 0.25) is 0 Å². The standard InChI is InChI=1S/C35H35FN2O2S/c1-22(35-18-24-14-25(19-35)16-26(15-24)20-35)37-33(39)27-12-10-23(11-13-27)17-32-34(40)38(21-28-6-2-3-7-29(28)36)30-8-4-5-9-31(30)41-32/h2-13,17,22,24-26H,14-16,18-21H2,1H3,(H,37,39)/b32-17+. The van der Waals surface area contributed by atoms with Crippen LogP contribution in [0.5, 0.6) is 0 Å². The van der Waals surface area contributed by atoms with E-state index in [1.807, 2.05) is 54.6 Å². The van der Waals surface area contributed by atoms with E-state index in [9.17, 15) is 14.0 Å². The number of carbonyl (C=O) groups excluding carboxylic acids is 2. The number of fused-ring (bicyclic) bond motifs is 1. The zero-order valence-corrected chi connectivity index (χ0v) is 24.1. The van der Waals surface area contributed by atoms with E-state index in [1.54, 1.807) is 23.1 Å². The van der Waals surface area contributed by atoms with E-state index in [-0.39, 0.29) is 35.6 Å². The van der Waals surface area contributed by atoms with Crippen molar-refractivity contribution in [1.29, 1.82) is 0 Å². The van der Waals surface area contributed by atoms with Gasteiger partial charge in [-0.05, 0) is 111 Å². The Kier molecular flexibility index (Phi) is 6.77. The molecule has 4 bridgehead atoms. The van der Waals surface area contributed by atoms with E-state index in [0.29, 0.717) is 16.0 Å². The third kappa shape index (κ3) is 5.01. The number of benzene rings is 3. The number of hydrogen-bond donors (Lipinski definition) is 1. The molecule has 2 amide bonds. The number of anilines is 1. The van der Waals surface area contributed by atoms with Crippen LogP contribution in [0.2, 0.25) is 0 Å². The number of carbonyl (C=O) groups is 2. The number of nitrogens with zero attached hydrogens (tertiary/aromatic N) is 1. The van der Waals surface area contributed by atoms with Gasteiger partial charge in [-0.1, -0.05) is 54.2 Å². The number of para-hydroxylation sites is 1. The normalized spacial score (nSPS) is 28.0. The Hall–Kier alpha value is -3.38. The summed E-state index contributed by atoms with van der Waals surface area (Å²) in [4.78, 5) is 30.0. The molecule has 5 aliphatic rings. The summed E-state index contributed by atoms with van der Waals surface area (Å²) in [6.45, 7) is 2.36. The van der Waals surface area contributed by atoms with Gasteiger partial charge < -0.3 is 10.2 Å². The van der Waals surface area contributed by atoms with Gasteiger partial charge in [-0.15, -0.1) is 0 Å². The zero-order chi connectivity index (χ0) is 28.1. The molecule has 1 N–H and O–H groups in total. The maximum Gasteiger partial charge on any atom is 0.265 e. The average molecular weight is 567 g/mol. The van der Waals surface area contributed by atoms with Gasteiger partial charge in [0.1, 0.15) is 5.82 Å². The first kappa shape index (κ1) is 26.5. The molecule has 8 rings (SSSR count). The van der Waals surface area contributed by atoms with E-state index < -0.39 is 0 Å². The van der Waals surface area contributed by atoms with E-state index >= 15 is 0 Å². The quantitative estimate of drug-likeness (QED) is 0.309. The third-order valence-corrected chi connectivity index (χ3v) is 11.0. The molecule has 3 aromatic rings. The first-order valence-corrected chi connectivity index (χ1v) is 15.6. The molecule has 1 atom stereocenters. The molecule has 41 heavy (non-hydrogen) atoms. The molecule has 210 valence electrons. The lowest BCUT2D eigenvalue weighted by atomic mass is 9.48. The summed E-state index contributed by atoms with van der Waals surface area (Å²) in [5.41, 5.74) is 3.00. The summed E-state index contributed by atoms with van der Waals surface area (Å²) in [6, 6.07) is 21.9. The first-order chi connectivity index (χ1) is 19.9.